The number of rotatable bonds is 6. The molecule has 0 N–H and O–H groups in total. The van der Waals surface area contributed by atoms with Crippen LogP contribution in [0.4, 0.5) is 11.5 Å². The fraction of sp³-hybridized carbons (Fsp3) is 0.407. The highest BCUT2D eigenvalue weighted by molar-refractivity contribution is 5.76. The molecular formula is C59H62N4. The lowest BCUT2D eigenvalue weighted by Gasteiger charge is -2.41. The van der Waals surface area contributed by atoms with Crippen molar-refractivity contribution in [2.45, 2.75) is 132 Å². The third-order valence-corrected chi connectivity index (χ3v) is 17.0. The van der Waals surface area contributed by atoms with Gasteiger partial charge >= 0.3 is 0 Å². The first-order valence-corrected chi connectivity index (χ1v) is 25.0. The zero-order valence-corrected chi connectivity index (χ0v) is 36.9. The zero-order valence-electron chi connectivity index (χ0n) is 36.9. The summed E-state index contributed by atoms with van der Waals surface area (Å²) in [5, 5.41) is 0. The van der Waals surface area contributed by atoms with E-state index in [2.05, 4.69) is 154 Å². The summed E-state index contributed by atoms with van der Waals surface area (Å²) in [5.74, 6) is 3.32. The summed E-state index contributed by atoms with van der Waals surface area (Å²) >= 11 is 0. The number of para-hydroxylation sites is 1. The summed E-state index contributed by atoms with van der Waals surface area (Å²) in [6, 6.07) is 16.0. The normalized spacial score (nSPS) is 33.5. The molecule has 0 radical (unpaired) electrons. The number of allylic oxidation sites excluding steroid dienone is 16. The van der Waals surface area contributed by atoms with Gasteiger partial charge in [0.05, 0.1) is 17.8 Å². The molecule has 1 aromatic carbocycles. The quantitative estimate of drug-likeness (QED) is 0.271. The minimum absolute atomic E-state index is 0.297. The van der Waals surface area contributed by atoms with Gasteiger partial charge in [0.25, 0.3) is 0 Å². The monoisotopic (exact) mass is 826 g/mol. The molecule has 13 rings (SSSR count). The smallest absolute Gasteiger partial charge is 0.134 e. The van der Waals surface area contributed by atoms with Crippen LogP contribution in [0.1, 0.15) is 125 Å². The van der Waals surface area contributed by atoms with E-state index in [-0.39, 0.29) is 0 Å². The molecule has 4 heterocycles. The van der Waals surface area contributed by atoms with Crippen molar-refractivity contribution in [1.29, 1.82) is 0 Å². The molecule has 4 nitrogen and oxygen atoms in total. The fourth-order valence-corrected chi connectivity index (χ4v) is 14.1. The van der Waals surface area contributed by atoms with Crippen LogP contribution in [-0.4, -0.2) is 39.0 Å². The van der Waals surface area contributed by atoms with Crippen molar-refractivity contribution in [3.8, 4) is 0 Å². The first kappa shape index (κ1) is 38.1. The van der Waals surface area contributed by atoms with Crippen LogP contribution < -0.4 is 4.90 Å². The predicted octanol–water partition coefficient (Wildman–Crippen LogP) is 13.9. The molecule has 318 valence electrons. The van der Waals surface area contributed by atoms with E-state index in [1.165, 1.54) is 104 Å². The van der Waals surface area contributed by atoms with E-state index in [9.17, 15) is 0 Å². The van der Waals surface area contributed by atoms with E-state index in [0.717, 1.165) is 31.5 Å². The SMILES string of the molecule is C1=CCC(c2cc(C3=CCCCC3)cc(N3c4ccccc4C4C(N5C6=C(C=C(C7CCC8=C(C7)C7C=CC=CC7N8C7C=CCCC7)CC6)C6C=CC=CC65)=CCCC43)n2)C=C1. The molecule has 0 amide bonds. The first-order valence-electron chi connectivity index (χ1n) is 25.0. The van der Waals surface area contributed by atoms with Crippen molar-refractivity contribution in [2.75, 3.05) is 4.90 Å². The van der Waals surface area contributed by atoms with Gasteiger partial charge in [-0.05, 0) is 148 Å². The minimum atomic E-state index is 0.297. The van der Waals surface area contributed by atoms with Gasteiger partial charge in [-0.1, -0.05) is 127 Å². The summed E-state index contributed by atoms with van der Waals surface area (Å²) in [5.41, 5.74) is 16.8. The van der Waals surface area contributed by atoms with Crippen LogP contribution in [0.25, 0.3) is 5.57 Å². The molecule has 0 saturated carbocycles. The number of anilines is 2. The summed E-state index contributed by atoms with van der Waals surface area (Å²) in [7, 11) is 0. The van der Waals surface area contributed by atoms with Crippen molar-refractivity contribution >= 4 is 17.1 Å². The Hall–Kier alpha value is -5.35. The van der Waals surface area contributed by atoms with Crippen LogP contribution in [-0.2, 0) is 0 Å². The Bertz CT molecular complexity index is 2600. The van der Waals surface area contributed by atoms with Crippen LogP contribution >= 0.6 is 0 Å². The Morgan fingerprint density at radius 2 is 1.54 bits per heavy atom. The fourth-order valence-electron chi connectivity index (χ4n) is 14.1. The Morgan fingerprint density at radius 1 is 0.651 bits per heavy atom. The molecule has 0 fully saturated rings. The summed E-state index contributed by atoms with van der Waals surface area (Å²) in [4.78, 5) is 14.0. The largest absolute Gasteiger partial charge is 0.361 e. The molecule has 1 aromatic heterocycles. The number of nitrogens with zero attached hydrogens (tertiary/aromatic N) is 4. The molecular weight excluding hydrogens is 765 g/mol. The number of fused-ring (bicyclic) bond motifs is 7. The minimum Gasteiger partial charge on any atom is -0.361 e. The van der Waals surface area contributed by atoms with Gasteiger partial charge in [-0.2, -0.15) is 0 Å². The highest BCUT2D eigenvalue weighted by Crippen LogP contribution is 2.57. The van der Waals surface area contributed by atoms with Crippen molar-refractivity contribution < 1.29 is 0 Å². The van der Waals surface area contributed by atoms with Gasteiger partial charge in [0.15, 0.2) is 0 Å². The van der Waals surface area contributed by atoms with E-state index >= 15 is 0 Å². The Balaban J connectivity index is 0.844. The van der Waals surface area contributed by atoms with Crippen LogP contribution in [0.3, 0.4) is 0 Å². The molecule has 11 aliphatic rings. The maximum Gasteiger partial charge on any atom is 0.134 e. The number of aromatic nitrogens is 1. The van der Waals surface area contributed by atoms with Crippen LogP contribution in [0.2, 0.25) is 0 Å². The second-order valence-corrected chi connectivity index (χ2v) is 20.3. The third-order valence-electron chi connectivity index (χ3n) is 17.0. The second-order valence-electron chi connectivity index (χ2n) is 20.3. The molecule has 2 aromatic rings. The molecule has 3 aliphatic heterocycles. The van der Waals surface area contributed by atoms with Crippen molar-refractivity contribution in [1.82, 2.24) is 14.8 Å². The average molecular weight is 827 g/mol. The molecule has 63 heavy (non-hydrogen) atoms. The number of hydrogen-bond donors (Lipinski definition) is 0. The predicted molar refractivity (Wildman–Crippen MR) is 259 cm³/mol. The Kier molecular flexibility index (Phi) is 9.51. The highest BCUT2D eigenvalue weighted by atomic mass is 15.3. The molecule has 9 unspecified atom stereocenters. The summed E-state index contributed by atoms with van der Waals surface area (Å²) < 4.78 is 0. The van der Waals surface area contributed by atoms with Gasteiger partial charge < -0.3 is 14.7 Å². The number of hydrogen-bond acceptors (Lipinski definition) is 4. The lowest BCUT2D eigenvalue weighted by Crippen LogP contribution is -2.40. The van der Waals surface area contributed by atoms with Gasteiger partial charge in [-0.15, -0.1) is 0 Å². The van der Waals surface area contributed by atoms with E-state index in [1.54, 1.807) is 28.1 Å². The highest BCUT2D eigenvalue weighted by Gasteiger charge is 2.50. The summed E-state index contributed by atoms with van der Waals surface area (Å²) in [6.45, 7) is 0. The Morgan fingerprint density at radius 3 is 2.41 bits per heavy atom. The van der Waals surface area contributed by atoms with Crippen molar-refractivity contribution in [3.63, 3.8) is 0 Å². The molecule has 0 spiro atoms. The van der Waals surface area contributed by atoms with E-state index in [4.69, 9.17) is 4.98 Å². The van der Waals surface area contributed by atoms with Crippen molar-refractivity contribution in [2.24, 2.45) is 17.8 Å². The molecule has 4 heteroatoms. The summed E-state index contributed by atoms with van der Waals surface area (Å²) in [6.07, 6.45) is 59.4. The maximum absolute atomic E-state index is 5.63. The third kappa shape index (κ3) is 6.32. The lowest BCUT2D eigenvalue weighted by atomic mass is 9.74. The van der Waals surface area contributed by atoms with E-state index < -0.39 is 0 Å². The Labute approximate surface area is 375 Å². The number of benzene rings is 1. The van der Waals surface area contributed by atoms with Gasteiger partial charge in [0, 0.05) is 58.5 Å². The average Bonchev–Trinajstić information content (AvgIpc) is 4.00. The zero-order chi connectivity index (χ0) is 41.4. The van der Waals surface area contributed by atoms with E-state index in [1.807, 2.05) is 0 Å². The topological polar surface area (TPSA) is 22.6 Å². The van der Waals surface area contributed by atoms with Gasteiger partial charge in [-0.25, -0.2) is 4.98 Å². The second kappa shape index (κ2) is 15.7. The maximum atomic E-state index is 5.63. The van der Waals surface area contributed by atoms with Crippen molar-refractivity contribution in [3.05, 3.63) is 190 Å². The van der Waals surface area contributed by atoms with Crippen LogP contribution in [0.15, 0.2) is 174 Å². The molecule has 9 atom stereocenters. The van der Waals surface area contributed by atoms with E-state index in [0.29, 0.717) is 53.8 Å². The van der Waals surface area contributed by atoms with Gasteiger partial charge in [-0.3, -0.25) is 0 Å². The van der Waals surface area contributed by atoms with Gasteiger partial charge in [0.2, 0.25) is 0 Å². The lowest BCUT2D eigenvalue weighted by molar-refractivity contribution is 0.226. The molecule has 8 aliphatic carbocycles. The van der Waals surface area contributed by atoms with Crippen LogP contribution in [0, 0.1) is 17.8 Å². The number of pyridine rings is 1. The van der Waals surface area contributed by atoms with Gasteiger partial charge in [0.1, 0.15) is 5.82 Å². The first-order chi connectivity index (χ1) is 31.3. The standard InChI is InChI=1S/C59H62N4/c1-4-17-39(18-5-1)43-37-50(40-19-6-2-7-20-40)60-58(38-43)63-53-28-15-12-25-47(53)59-56(29-16-30-57(59)63)62-52-27-14-11-24-46(52)49-36-42(32-34-55(49)62)41-31-33-54-48(35-41)45-23-10-13-26-51(45)61(54)44-21-8-3-9-22-44/h2,6-8,10-15,17,19,21,23-29,36-38,40-41,44-46,51-52,57,59H,1,3-5,9,16,18,20,22,30-35H2. The molecule has 0 saturated heterocycles. The molecule has 0 bridgehead atoms. The van der Waals surface area contributed by atoms with Crippen LogP contribution in [0.5, 0.6) is 0 Å².